The summed E-state index contributed by atoms with van der Waals surface area (Å²) >= 11 is 1.57. The zero-order valence-corrected chi connectivity index (χ0v) is 38.3. The topological polar surface area (TPSA) is 134 Å². The van der Waals surface area contributed by atoms with Gasteiger partial charge in [-0.05, 0) is 94.5 Å². The van der Waals surface area contributed by atoms with Gasteiger partial charge in [-0.2, -0.15) is 0 Å². The van der Waals surface area contributed by atoms with Crippen molar-refractivity contribution in [3.05, 3.63) is 52.1 Å². The van der Waals surface area contributed by atoms with E-state index < -0.39 is 22.9 Å². The molecule has 0 radical (unpaired) electrons. The smallest absolute Gasteiger partial charge is 0.325 e. The molecule has 7 heterocycles. The lowest BCUT2D eigenvalue weighted by Crippen LogP contribution is -2.72. The number of amides is 2. The van der Waals surface area contributed by atoms with E-state index in [4.69, 9.17) is 19.4 Å². The van der Waals surface area contributed by atoms with Crippen molar-refractivity contribution in [1.29, 1.82) is 0 Å². The Morgan fingerprint density at radius 3 is 2.52 bits per heavy atom. The number of methoxy groups -OCH3 is 1. The number of pyridine rings is 1. The summed E-state index contributed by atoms with van der Waals surface area (Å²) in [6.45, 7) is 17.5. The molecule has 14 heteroatoms. The second kappa shape index (κ2) is 15.4. The van der Waals surface area contributed by atoms with Crippen molar-refractivity contribution < 1.29 is 23.9 Å². The molecule has 13 nitrogen and oxygen atoms in total. The average Bonchev–Trinajstić information content (AvgIpc) is 4.06. The van der Waals surface area contributed by atoms with Crippen LogP contribution in [0.15, 0.2) is 35.8 Å². The first-order chi connectivity index (χ1) is 29.7. The van der Waals surface area contributed by atoms with Crippen molar-refractivity contribution in [3.63, 3.8) is 0 Å². The number of ether oxygens (including phenoxy) is 2. The molecule has 7 aliphatic rings. The van der Waals surface area contributed by atoms with Crippen molar-refractivity contribution in [1.82, 2.24) is 35.2 Å². The summed E-state index contributed by atoms with van der Waals surface area (Å²) in [5.74, 6) is -0.107. The molecule has 6 atom stereocenters. The molecule has 3 aliphatic carbocycles. The quantitative estimate of drug-likeness (QED) is 0.203. The standard InChI is InChI=1S/C48H62N8O5S/c1-9-55-37-11-10-29-20-33(37)35(41(55)34-21-32(23-49-39(34)28(4)60-8)54-16-14-53(7)15-17-54)22-47(5,6)25-61-45(59)40-30-18-31(19-30)56(52-40)44(58)42(51-43(57)38-26(2)27(38)3)48(12-13-48)46-50-36(29)24-62-46/h10-11,20-21,23-24,26-28,30-31,38,40,42,52H,9,12-19,22,25H2,1-8H3,(H,51,57)/t26-,27+,28-,30?,31?,38?,40+,42+/m0/s1. The number of carbonyl (C=O) groups excluding carboxylic acids is 3. The van der Waals surface area contributed by atoms with Crippen molar-refractivity contribution in [3.8, 4) is 22.5 Å². The molecule has 1 aromatic carbocycles. The van der Waals surface area contributed by atoms with Crippen LogP contribution in [0.2, 0.25) is 0 Å². The Bertz CT molecular complexity index is 2420. The van der Waals surface area contributed by atoms with Gasteiger partial charge in [0.05, 0.1) is 47.1 Å². The first-order valence-corrected chi connectivity index (χ1v) is 23.7. The minimum atomic E-state index is -0.803. The lowest BCUT2D eigenvalue weighted by atomic mass is 9.73. The van der Waals surface area contributed by atoms with E-state index >= 15 is 0 Å². The number of cyclic esters (lactones) is 1. The summed E-state index contributed by atoms with van der Waals surface area (Å²) in [5.41, 5.74) is 10.5. The molecular weight excluding hydrogens is 801 g/mol. The zero-order valence-electron chi connectivity index (χ0n) is 37.5. The number of nitrogens with zero attached hydrogens (tertiary/aromatic N) is 6. The Morgan fingerprint density at radius 2 is 1.84 bits per heavy atom. The van der Waals surface area contributed by atoms with Crippen LogP contribution in [-0.4, -0.2) is 107 Å². The summed E-state index contributed by atoms with van der Waals surface area (Å²) in [4.78, 5) is 58.2. The normalized spacial score (nSPS) is 29.5. The number of likely N-dealkylation sites (N-methyl/N-ethyl adjacent to an activating group) is 1. The van der Waals surface area contributed by atoms with Gasteiger partial charge in [-0.1, -0.05) is 33.8 Å². The van der Waals surface area contributed by atoms with E-state index in [1.807, 2.05) is 6.20 Å². The fraction of sp³-hybridized carbons (Fsp3) is 0.604. The lowest BCUT2D eigenvalue weighted by Gasteiger charge is -2.53. The number of nitrogens with one attached hydrogen (secondary N) is 2. The number of benzene rings is 1. The Morgan fingerprint density at radius 1 is 1.10 bits per heavy atom. The number of hydrogen-bond donors (Lipinski definition) is 2. The molecule has 11 rings (SSSR count). The van der Waals surface area contributed by atoms with Crippen LogP contribution in [0.5, 0.6) is 0 Å². The highest BCUT2D eigenvalue weighted by Gasteiger charge is 2.61. The van der Waals surface area contributed by atoms with Crippen molar-refractivity contribution in [2.45, 2.75) is 110 Å². The lowest BCUT2D eigenvalue weighted by molar-refractivity contribution is -0.171. The zero-order chi connectivity index (χ0) is 43.4. The number of thiazole rings is 1. The van der Waals surface area contributed by atoms with Gasteiger partial charge in [-0.25, -0.2) is 10.4 Å². The summed E-state index contributed by atoms with van der Waals surface area (Å²) in [6.07, 6.45) is 5.30. The fourth-order valence-electron chi connectivity index (χ4n) is 10.9. The first kappa shape index (κ1) is 41.6. The van der Waals surface area contributed by atoms with Gasteiger partial charge in [-0.15, -0.1) is 11.3 Å². The maximum Gasteiger partial charge on any atom is 0.325 e. The summed E-state index contributed by atoms with van der Waals surface area (Å²) in [5, 5.41) is 9.04. The van der Waals surface area contributed by atoms with Crippen molar-refractivity contribution in [2.75, 3.05) is 51.8 Å². The summed E-state index contributed by atoms with van der Waals surface area (Å²) < 4.78 is 14.7. The fourth-order valence-corrected chi connectivity index (χ4v) is 12.0. The Balaban J connectivity index is 1.12. The molecule has 62 heavy (non-hydrogen) atoms. The molecule has 8 bridgehead atoms. The van der Waals surface area contributed by atoms with Crippen LogP contribution in [0.3, 0.4) is 0 Å². The molecule has 3 saturated carbocycles. The first-order valence-electron chi connectivity index (χ1n) is 22.9. The number of hydrogen-bond acceptors (Lipinski definition) is 11. The molecular formula is C48H62N8O5S. The highest BCUT2D eigenvalue weighted by molar-refractivity contribution is 7.10. The number of anilines is 1. The number of aryl methyl sites for hydroxylation is 1. The minimum Gasteiger partial charge on any atom is -0.464 e. The predicted octanol–water partition coefficient (Wildman–Crippen LogP) is 6.34. The number of fused-ring (bicyclic) bond motifs is 5. The van der Waals surface area contributed by atoms with Crippen LogP contribution in [0.4, 0.5) is 5.69 Å². The van der Waals surface area contributed by atoms with Crippen LogP contribution in [-0.2, 0) is 42.2 Å². The molecule has 4 aliphatic heterocycles. The van der Waals surface area contributed by atoms with Crippen LogP contribution >= 0.6 is 11.3 Å². The van der Waals surface area contributed by atoms with Gasteiger partial charge in [0.2, 0.25) is 5.91 Å². The van der Waals surface area contributed by atoms with Gasteiger partial charge in [0.1, 0.15) is 17.1 Å². The van der Waals surface area contributed by atoms with E-state index in [1.54, 1.807) is 23.5 Å². The maximum atomic E-state index is 14.9. The second-order valence-electron chi connectivity index (χ2n) is 20.1. The van der Waals surface area contributed by atoms with Crippen LogP contribution < -0.4 is 15.6 Å². The van der Waals surface area contributed by atoms with Gasteiger partial charge < -0.3 is 29.2 Å². The molecule has 3 saturated heterocycles. The van der Waals surface area contributed by atoms with Crippen LogP contribution in [0, 0.1) is 29.1 Å². The average molecular weight is 863 g/mol. The van der Waals surface area contributed by atoms with E-state index in [0.29, 0.717) is 6.42 Å². The van der Waals surface area contributed by atoms with Crippen molar-refractivity contribution in [2.24, 2.45) is 29.1 Å². The Kier molecular flexibility index (Phi) is 10.3. The SMILES string of the molecule is CCn1c(-c2cc(N3CCN(C)CC3)cnc2[C@H](C)OC)c2c3cc(ccc31)-c1csc(n1)C1(CC1)[C@H](NC(=O)C1[C@@H](C)[C@H]1C)C(=O)N1N[C@@H](C(=O)OCC(C)(C)C2)C2CC1C2. The third-order valence-electron chi connectivity index (χ3n) is 15.5. The number of aromatic nitrogens is 3. The largest absolute Gasteiger partial charge is 0.464 e. The molecule has 6 fully saturated rings. The van der Waals surface area contributed by atoms with Gasteiger partial charge in [-0.3, -0.25) is 24.4 Å². The third kappa shape index (κ3) is 6.94. The number of carbonyl (C=O) groups is 3. The van der Waals surface area contributed by atoms with Crippen LogP contribution in [0.1, 0.15) is 89.6 Å². The summed E-state index contributed by atoms with van der Waals surface area (Å²) in [6, 6.07) is 7.47. The maximum absolute atomic E-state index is 14.9. The molecule has 1 spiro atoms. The van der Waals surface area contributed by atoms with E-state index in [-0.39, 0.29) is 60.2 Å². The molecule has 2 N–H and O–H groups in total. The predicted molar refractivity (Wildman–Crippen MR) is 240 cm³/mol. The number of rotatable bonds is 7. The minimum absolute atomic E-state index is 0.0412. The van der Waals surface area contributed by atoms with Gasteiger partial charge in [0.15, 0.2) is 0 Å². The number of piperazine rings is 1. The molecule has 3 aromatic heterocycles. The summed E-state index contributed by atoms with van der Waals surface area (Å²) in [7, 11) is 3.91. The Labute approximate surface area is 368 Å². The number of hydrazine groups is 1. The highest BCUT2D eigenvalue weighted by atomic mass is 32.1. The second-order valence-corrected chi connectivity index (χ2v) is 21.0. The molecule has 4 aromatic rings. The Hall–Kier alpha value is -4.37. The van der Waals surface area contributed by atoms with E-state index in [2.05, 4.69) is 103 Å². The van der Waals surface area contributed by atoms with Gasteiger partial charge in [0.25, 0.3) is 5.91 Å². The molecule has 1 unspecified atom stereocenters. The molecule has 330 valence electrons. The van der Waals surface area contributed by atoms with E-state index in [9.17, 15) is 14.4 Å². The van der Waals surface area contributed by atoms with Gasteiger partial charge >= 0.3 is 5.97 Å². The molecule has 2 amide bonds. The third-order valence-corrected chi connectivity index (χ3v) is 16.6. The van der Waals surface area contributed by atoms with Gasteiger partial charge in [0, 0.05) is 84.6 Å². The van der Waals surface area contributed by atoms with E-state index in [1.165, 1.54) is 5.56 Å². The highest BCUT2D eigenvalue weighted by Crippen LogP contribution is 2.55. The van der Waals surface area contributed by atoms with Crippen molar-refractivity contribution >= 4 is 45.7 Å². The number of esters is 1. The van der Waals surface area contributed by atoms with E-state index in [0.717, 1.165) is 108 Å². The monoisotopic (exact) mass is 862 g/mol. The van der Waals surface area contributed by atoms with Crippen LogP contribution in [0.25, 0.3) is 33.4 Å².